The molecule has 0 aliphatic carbocycles. The Morgan fingerprint density at radius 1 is 0.947 bits per heavy atom. The first-order chi connectivity index (χ1) is 9.16. The van der Waals surface area contributed by atoms with Gasteiger partial charge in [-0.2, -0.15) is 0 Å². The van der Waals surface area contributed by atoms with Gasteiger partial charge in [-0.3, -0.25) is 10.1 Å². The molecule has 0 saturated heterocycles. The van der Waals surface area contributed by atoms with E-state index < -0.39 is 0 Å². The van der Waals surface area contributed by atoms with E-state index in [1.54, 1.807) is 0 Å². The van der Waals surface area contributed by atoms with E-state index in [9.17, 15) is 4.79 Å². The number of ether oxygens (including phenoxy) is 1. The molecular weight excluding hydrogens is 258 g/mol. The number of rotatable bonds is 11. The van der Waals surface area contributed by atoms with Crippen LogP contribution in [0.25, 0.3) is 0 Å². The molecule has 0 aromatic heterocycles. The molecule has 0 heterocycles. The van der Waals surface area contributed by atoms with Crippen molar-refractivity contribution in [2.24, 2.45) is 0 Å². The second kappa shape index (κ2) is 13.8. The van der Waals surface area contributed by atoms with Crippen molar-refractivity contribution in [3.63, 3.8) is 0 Å². The van der Waals surface area contributed by atoms with Gasteiger partial charge in [0.1, 0.15) is 0 Å². The molecule has 0 aromatic carbocycles. The average molecular weight is 287 g/mol. The highest BCUT2D eigenvalue weighted by Gasteiger charge is 1.99. The van der Waals surface area contributed by atoms with Crippen LogP contribution in [0.4, 0.5) is 0 Å². The molecule has 0 fully saturated rings. The second-order valence-corrected chi connectivity index (χ2v) is 5.37. The predicted molar refractivity (Wildman–Crippen MR) is 84.2 cm³/mol. The fourth-order valence-corrected chi connectivity index (χ4v) is 2.16. The smallest absolute Gasteiger partial charge is 0.263 e. The summed E-state index contributed by atoms with van der Waals surface area (Å²) in [6.07, 6.45) is 13.0. The molecule has 0 radical (unpaired) electrons. The molecule has 3 nitrogen and oxygen atoms in total. The van der Waals surface area contributed by atoms with Crippen LogP contribution in [0.1, 0.15) is 78.1 Å². The van der Waals surface area contributed by atoms with Gasteiger partial charge in [0, 0.05) is 6.92 Å². The molecule has 0 bridgehead atoms. The maximum atomic E-state index is 10.7. The number of carbonyl (C=O) groups is 1. The number of unbranched alkanes of at least 4 members (excludes halogenated alkanes) is 9. The summed E-state index contributed by atoms with van der Waals surface area (Å²) in [5, 5.41) is 2.65. The standard InChI is InChI=1S/C15H29NO2S/c1-3-4-5-6-7-8-9-10-11-12-13-18-15(19)16-14(2)17/h3-13H2,1-2H3,(H,16,17,19). The molecular formula is C15H29NO2S. The zero-order valence-corrected chi connectivity index (χ0v) is 13.3. The van der Waals surface area contributed by atoms with Crippen molar-refractivity contribution < 1.29 is 9.53 Å². The molecule has 0 saturated carbocycles. The zero-order valence-electron chi connectivity index (χ0n) is 12.5. The van der Waals surface area contributed by atoms with Crippen LogP contribution in [0.2, 0.25) is 0 Å². The Hall–Kier alpha value is -0.640. The number of thiocarbonyl (C=S) groups is 1. The van der Waals surface area contributed by atoms with Gasteiger partial charge in [-0.25, -0.2) is 0 Å². The Bertz CT molecular complexity index is 244. The van der Waals surface area contributed by atoms with E-state index in [-0.39, 0.29) is 11.1 Å². The molecule has 1 amide bonds. The van der Waals surface area contributed by atoms with Crippen molar-refractivity contribution in [3.8, 4) is 0 Å². The fraction of sp³-hybridized carbons (Fsp3) is 0.867. The van der Waals surface area contributed by atoms with Crippen molar-refractivity contribution in [3.05, 3.63) is 0 Å². The molecule has 0 aliphatic rings. The molecule has 0 aromatic rings. The van der Waals surface area contributed by atoms with E-state index in [1.807, 2.05) is 0 Å². The van der Waals surface area contributed by atoms with Crippen molar-refractivity contribution in [2.45, 2.75) is 78.1 Å². The maximum Gasteiger partial charge on any atom is 0.263 e. The highest BCUT2D eigenvalue weighted by molar-refractivity contribution is 7.80. The summed E-state index contributed by atoms with van der Waals surface area (Å²) in [6.45, 7) is 4.28. The molecule has 0 aliphatic heterocycles. The Morgan fingerprint density at radius 3 is 1.89 bits per heavy atom. The average Bonchev–Trinajstić information content (AvgIpc) is 2.35. The first-order valence-corrected chi connectivity index (χ1v) is 8.02. The highest BCUT2D eigenvalue weighted by Crippen LogP contribution is 2.10. The molecule has 4 heteroatoms. The van der Waals surface area contributed by atoms with Gasteiger partial charge < -0.3 is 4.74 Å². The van der Waals surface area contributed by atoms with E-state index in [2.05, 4.69) is 12.2 Å². The van der Waals surface area contributed by atoms with Crippen LogP contribution in [-0.2, 0) is 9.53 Å². The number of hydrogen-bond acceptors (Lipinski definition) is 3. The zero-order chi connectivity index (χ0) is 14.3. The van der Waals surface area contributed by atoms with E-state index >= 15 is 0 Å². The summed E-state index contributed by atoms with van der Waals surface area (Å²) in [4.78, 5) is 10.7. The minimum atomic E-state index is -0.173. The third-order valence-electron chi connectivity index (χ3n) is 3.01. The summed E-state index contributed by atoms with van der Waals surface area (Å²) >= 11 is 4.85. The summed E-state index contributed by atoms with van der Waals surface area (Å²) in [6, 6.07) is 0. The maximum absolute atomic E-state index is 10.7. The van der Waals surface area contributed by atoms with E-state index in [4.69, 9.17) is 17.0 Å². The van der Waals surface area contributed by atoms with Crippen LogP contribution in [0, 0.1) is 0 Å². The van der Waals surface area contributed by atoms with Crippen molar-refractivity contribution in [1.29, 1.82) is 0 Å². The number of hydrogen-bond donors (Lipinski definition) is 1. The third kappa shape index (κ3) is 15.3. The molecule has 112 valence electrons. The SMILES string of the molecule is CCCCCCCCCCCCOC(=S)NC(C)=O. The monoisotopic (exact) mass is 287 g/mol. The summed E-state index contributed by atoms with van der Waals surface area (Å²) < 4.78 is 5.22. The van der Waals surface area contributed by atoms with Gasteiger partial charge in [-0.15, -0.1) is 0 Å². The van der Waals surface area contributed by atoms with Crippen LogP contribution in [0.15, 0.2) is 0 Å². The van der Waals surface area contributed by atoms with Crippen molar-refractivity contribution >= 4 is 23.3 Å². The Balaban J connectivity index is 3.10. The lowest BCUT2D eigenvalue weighted by Crippen LogP contribution is -2.28. The normalized spacial score (nSPS) is 10.2. The first kappa shape index (κ1) is 18.4. The summed E-state index contributed by atoms with van der Waals surface area (Å²) in [5.74, 6) is -0.173. The lowest BCUT2D eigenvalue weighted by atomic mass is 10.1. The van der Waals surface area contributed by atoms with Crippen LogP contribution >= 0.6 is 12.2 Å². The van der Waals surface area contributed by atoms with Crippen molar-refractivity contribution in [1.82, 2.24) is 5.32 Å². The summed E-state index contributed by atoms with van der Waals surface area (Å²) in [5.41, 5.74) is 0. The first-order valence-electron chi connectivity index (χ1n) is 7.61. The molecule has 1 N–H and O–H groups in total. The van der Waals surface area contributed by atoms with Crippen LogP contribution in [-0.4, -0.2) is 17.7 Å². The number of nitrogens with one attached hydrogen (secondary N) is 1. The second-order valence-electron chi connectivity index (χ2n) is 5.00. The van der Waals surface area contributed by atoms with Crippen LogP contribution in [0.3, 0.4) is 0 Å². The molecule has 0 spiro atoms. The molecule has 0 rings (SSSR count). The van der Waals surface area contributed by atoms with E-state index in [0.717, 1.165) is 6.42 Å². The van der Waals surface area contributed by atoms with Gasteiger partial charge >= 0.3 is 0 Å². The topological polar surface area (TPSA) is 38.3 Å². The van der Waals surface area contributed by atoms with Gasteiger partial charge in [0.2, 0.25) is 5.91 Å². The Labute approximate surface area is 123 Å². The largest absolute Gasteiger partial charge is 0.471 e. The van der Waals surface area contributed by atoms with Gasteiger partial charge in [0.25, 0.3) is 5.17 Å². The Kier molecular flexibility index (Phi) is 13.3. The van der Waals surface area contributed by atoms with Gasteiger partial charge in [-0.1, -0.05) is 64.7 Å². The fourth-order valence-electron chi connectivity index (χ4n) is 1.93. The summed E-state index contributed by atoms with van der Waals surface area (Å²) in [7, 11) is 0. The minimum Gasteiger partial charge on any atom is -0.471 e. The lowest BCUT2D eigenvalue weighted by molar-refractivity contribution is -0.117. The number of carbonyl (C=O) groups excluding carboxylic acids is 1. The van der Waals surface area contributed by atoms with Gasteiger partial charge in [-0.05, 0) is 18.6 Å². The Morgan fingerprint density at radius 2 is 1.42 bits per heavy atom. The quantitative estimate of drug-likeness (QED) is 0.453. The van der Waals surface area contributed by atoms with E-state index in [0.29, 0.717) is 6.61 Å². The minimum absolute atomic E-state index is 0.173. The van der Waals surface area contributed by atoms with Crippen LogP contribution < -0.4 is 5.32 Å². The van der Waals surface area contributed by atoms with Gasteiger partial charge in [0.15, 0.2) is 0 Å². The third-order valence-corrected chi connectivity index (χ3v) is 3.23. The number of amides is 1. The van der Waals surface area contributed by atoms with Gasteiger partial charge in [0.05, 0.1) is 6.61 Å². The highest BCUT2D eigenvalue weighted by atomic mass is 32.1. The van der Waals surface area contributed by atoms with Crippen LogP contribution in [0.5, 0.6) is 0 Å². The van der Waals surface area contributed by atoms with Crippen molar-refractivity contribution in [2.75, 3.05) is 6.61 Å². The lowest BCUT2D eigenvalue weighted by Gasteiger charge is -2.07. The van der Waals surface area contributed by atoms with E-state index in [1.165, 1.54) is 64.7 Å². The predicted octanol–water partition coefficient (Wildman–Crippen LogP) is 4.34. The molecule has 19 heavy (non-hydrogen) atoms. The molecule has 0 atom stereocenters. The molecule has 0 unspecified atom stereocenters.